The quantitative estimate of drug-likeness (QED) is 0.100. The van der Waals surface area contributed by atoms with E-state index in [1.54, 1.807) is 42.3 Å². The zero-order chi connectivity index (χ0) is 36.6. The number of hydrogen-bond acceptors (Lipinski definition) is 14. The lowest BCUT2D eigenvalue weighted by Gasteiger charge is -2.28. The lowest BCUT2D eigenvalue weighted by Crippen LogP contribution is -2.34. The second kappa shape index (κ2) is 13.1. The molecule has 3 aromatic rings. The molecular weight excluding hydrogens is 684 g/mol. The first kappa shape index (κ1) is 37.1. The smallest absolute Gasteiger partial charge is 0.346 e. The van der Waals surface area contributed by atoms with Crippen molar-refractivity contribution in [3.05, 3.63) is 100 Å². The molecule has 0 aromatic heterocycles. The Hall–Kier alpha value is -5.32. The Morgan fingerprint density at radius 3 is 1.10 bits per heavy atom. The van der Waals surface area contributed by atoms with Crippen LogP contribution in [0.3, 0.4) is 0 Å². The van der Waals surface area contributed by atoms with Crippen molar-refractivity contribution in [1.82, 2.24) is 0 Å². The van der Waals surface area contributed by atoms with E-state index in [0.717, 1.165) is 24.3 Å². The fourth-order valence-electron chi connectivity index (χ4n) is 4.34. The highest BCUT2D eigenvalue weighted by Crippen LogP contribution is 2.38. The lowest BCUT2D eigenvalue weighted by atomic mass is 10.1. The topological polar surface area (TPSA) is 259 Å². The van der Waals surface area contributed by atoms with E-state index >= 15 is 0 Å². The fraction of sp³-hybridized carbons (Fsp3) is 0.308. The first-order chi connectivity index (χ1) is 21.8. The van der Waals surface area contributed by atoms with E-state index in [1.807, 2.05) is 0 Å². The van der Waals surface area contributed by atoms with Gasteiger partial charge in [0.05, 0.1) is 85.2 Å². The molecular formula is C26H30N6O14S2+2. The van der Waals surface area contributed by atoms with Gasteiger partial charge >= 0.3 is 20.2 Å². The Morgan fingerprint density at radius 2 is 0.854 bits per heavy atom. The van der Waals surface area contributed by atoms with Crippen LogP contribution in [-0.2, 0) is 33.3 Å². The van der Waals surface area contributed by atoms with Gasteiger partial charge in [-0.1, -0.05) is 0 Å². The van der Waals surface area contributed by atoms with Crippen LogP contribution < -0.4 is 8.37 Å². The SMILES string of the molecule is C[N+](C)(C)Cc1cc(OS(=O)(=O)c2ccc([N+](=O)[O-])cc2[N+](=O)[O-])c(C[N+](C)(C)C)cc1OS(=O)(=O)c1ccc([N+](=O)[O-])cc1[N+](=O)[O-]. The van der Waals surface area contributed by atoms with Crippen LogP contribution in [0.25, 0.3) is 0 Å². The Balaban J connectivity index is 2.27. The minimum absolute atomic E-state index is 0.0178. The molecule has 20 nitrogen and oxygen atoms in total. The van der Waals surface area contributed by atoms with Gasteiger partial charge in [-0.05, 0) is 24.3 Å². The van der Waals surface area contributed by atoms with Crippen LogP contribution >= 0.6 is 0 Å². The maximum absolute atomic E-state index is 13.5. The molecule has 0 saturated carbocycles. The van der Waals surface area contributed by atoms with E-state index in [1.165, 1.54) is 0 Å². The number of nitro groups is 4. The average molecular weight is 715 g/mol. The summed E-state index contributed by atoms with van der Waals surface area (Å²) < 4.78 is 64.8. The van der Waals surface area contributed by atoms with E-state index in [2.05, 4.69) is 0 Å². The van der Waals surface area contributed by atoms with Crippen molar-refractivity contribution in [2.24, 2.45) is 0 Å². The van der Waals surface area contributed by atoms with Crippen LogP contribution in [0, 0.1) is 40.5 Å². The molecule has 0 spiro atoms. The third kappa shape index (κ3) is 8.93. The summed E-state index contributed by atoms with van der Waals surface area (Å²) in [6.45, 7) is -0.0993. The number of non-ortho nitro benzene ring substituents is 2. The summed E-state index contributed by atoms with van der Waals surface area (Å²) in [4.78, 5) is 39.6. The second-order valence-corrected chi connectivity index (χ2v) is 15.4. The van der Waals surface area contributed by atoms with Crippen molar-refractivity contribution in [2.75, 3.05) is 42.3 Å². The molecule has 0 heterocycles. The van der Waals surface area contributed by atoms with Gasteiger partial charge in [0.1, 0.15) is 13.1 Å². The zero-order valence-electron chi connectivity index (χ0n) is 26.2. The van der Waals surface area contributed by atoms with Gasteiger partial charge in [0.25, 0.3) is 22.7 Å². The van der Waals surface area contributed by atoms with Crippen LogP contribution in [0.15, 0.2) is 58.3 Å². The molecule has 0 aliphatic carbocycles. The average Bonchev–Trinajstić information content (AvgIpc) is 2.92. The van der Waals surface area contributed by atoms with Crippen LogP contribution in [0.5, 0.6) is 11.5 Å². The number of nitrogens with zero attached hydrogens (tertiary/aromatic N) is 6. The van der Waals surface area contributed by atoms with E-state index < -0.39 is 72.5 Å². The van der Waals surface area contributed by atoms with Crippen molar-refractivity contribution < 1.29 is 53.9 Å². The molecule has 258 valence electrons. The number of benzene rings is 3. The van der Waals surface area contributed by atoms with Crippen molar-refractivity contribution in [3.63, 3.8) is 0 Å². The Kier molecular flexibility index (Phi) is 10.1. The third-order valence-corrected chi connectivity index (χ3v) is 8.74. The standard InChI is InChI=1S/C26H30N6O14S2/c1-31(2,3)15-17-11-24(46-48(43,44)26-10-8-20(28(35)36)14-22(26)30(39)40)18(16-32(4,5)6)12-23(17)45-47(41,42)25-9-7-19(27(33)34)13-21(25)29(37)38/h7-14H,15-16H2,1-6H3/q+2. The Bertz CT molecular complexity index is 1910. The monoisotopic (exact) mass is 714 g/mol. The molecule has 3 aromatic carbocycles. The molecule has 0 unspecified atom stereocenters. The summed E-state index contributed by atoms with van der Waals surface area (Å²) in [5.74, 6) is -0.768. The molecule has 0 N–H and O–H groups in total. The number of hydrogen-bond donors (Lipinski definition) is 0. The normalized spacial score (nSPS) is 12.3. The van der Waals surface area contributed by atoms with Gasteiger partial charge in [-0.25, -0.2) is 0 Å². The number of quaternary nitrogens is 2. The maximum atomic E-state index is 13.5. The van der Waals surface area contributed by atoms with Crippen LogP contribution in [0.1, 0.15) is 11.1 Å². The molecule has 3 rings (SSSR count). The Morgan fingerprint density at radius 1 is 0.542 bits per heavy atom. The summed E-state index contributed by atoms with van der Waals surface area (Å²) in [6.07, 6.45) is 0. The molecule has 22 heteroatoms. The van der Waals surface area contributed by atoms with Crippen LogP contribution in [0.2, 0.25) is 0 Å². The van der Waals surface area contributed by atoms with Crippen LogP contribution in [-0.4, -0.2) is 87.8 Å². The first-order valence-electron chi connectivity index (χ1n) is 13.3. The minimum atomic E-state index is -5.05. The van der Waals surface area contributed by atoms with Gasteiger partial charge < -0.3 is 17.3 Å². The van der Waals surface area contributed by atoms with Crippen molar-refractivity contribution in [3.8, 4) is 11.5 Å². The van der Waals surface area contributed by atoms with Crippen molar-refractivity contribution >= 4 is 43.0 Å². The van der Waals surface area contributed by atoms with Gasteiger partial charge in [0, 0.05) is 12.1 Å². The molecule has 0 aliphatic rings. The second-order valence-electron chi connectivity index (χ2n) is 12.4. The predicted molar refractivity (Wildman–Crippen MR) is 165 cm³/mol. The van der Waals surface area contributed by atoms with E-state index in [0.29, 0.717) is 24.3 Å². The highest BCUT2D eigenvalue weighted by molar-refractivity contribution is 7.87. The first-order valence-corrected chi connectivity index (χ1v) is 16.1. The molecule has 0 amide bonds. The summed E-state index contributed by atoms with van der Waals surface area (Å²) in [5.41, 5.74) is -3.70. The van der Waals surface area contributed by atoms with Crippen molar-refractivity contribution in [2.45, 2.75) is 22.9 Å². The van der Waals surface area contributed by atoms with E-state index in [-0.39, 0.29) is 44.7 Å². The molecule has 0 fully saturated rings. The minimum Gasteiger partial charge on any atom is -0.378 e. The van der Waals surface area contributed by atoms with E-state index in [9.17, 15) is 57.3 Å². The van der Waals surface area contributed by atoms with Crippen molar-refractivity contribution in [1.29, 1.82) is 0 Å². The van der Waals surface area contributed by atoms with Gasteiger partial charge in [0.15, 0.2) is 21.3 Å². The predicted octanol–water partition coefficient (Wildman–Crippen LogP) is 3.27. The van der Waals surface area contributed by atoms with Gasteiger partial charge in [-0.2, -0.15) is 16.8 Å². The molecule has 0 atom stereocenters. The number of nitro benzene ring substituents is 4. The highest BCUT2D eigenvalue weighted by atomic mass is 32.2. The zero-order valence-corrected chi connectivity index (χ0v) is 27.9. The Labute approximate surface area is 273 Å². The highest BCUT2D eigenvalue weighted by Gasteiger charge is 2.35. The summed E-state index contributed by atoms with van der Waals surface area (Å²) in [5, 5.41) is 45.7. The summed E-state index contributed by atoms with van der Waals surface area (Å²) in [7, 11) is 0.0430. The summed E-state index contributed by atoms with van der Waals surface area (Å²) >= 11 is 0. The maximum Gasteiger partial charge on any atom is 0.346 e. The summed E-state index contributed by atoms with van der Waals surface area (Å²) in [6, 6.07) is 6.00. The largest absolute Gasteiger partial charge is 0.378 e. The fourth-order valence-corrected chi connectivity index (χ4v) is 6.55. The molecule has 0 radical (unpaired) electrons. The van der Waals surface area contributed by atoms with Gasteiger partial charge in [-0.15, -0.1) is 0 Å². The lowest BCUT2D eigenvalue weighted by molar-refractivity contribution is -0.884. The molecule has 0 saturated heterocycles. The number of rotatable bonds is 14. The van der Waals surface area contributed by atoms with E-state index in [4.69, 9.17) is 8.37 Å². The molecule has 0 bridgehead atoms. The third-order valence-electron chi connectivity index (χ3n) is 6.17. The molecule has 48 heavy (non-hydrogen) atoms. The molecule has 0 aliphatic heterocycles. The van der Waals surface area contributed by atoms with Gasteiger partial charge in [-0.3, -0.25) is 40.5 Å². The van der Waals surface area contributed by atoms with Gasteiger partial charge in [0.2, 0.25) is 0 Å². The van der Waals surface area contributed by atoms with Crippen LogP contribution in [0.4, 0.5) is 22.7 Å².